The Morgan fingerprint density at radius 1 is 0.955 bits per heavy atom. The molecule has 0 spiro atoms. The van der Waals surface area contributed by atoms with Crippen LogP contribution in [0.25, 0.3) is 6.08 Å². The highest BCUT2D eigenvalue weighted by Crippen LogP contribution is 2.37. The molecule has 3 aromatic rings. The standard InChI is InChI=1S/C29H28ClFN6O6S/c1-40-23-15-18(16-24-25(38)37(29(39)44-24)17-19-20(30)3-2-4-21(19)31)5-6-22(23)43-28-33-26(35-7-11-41-12-8-35)32-27(34-28)36-9-13-42-14-10-36/h2-6,15-16H,7-14,17H2,1H3/b24-16-. The number of ether oxygens (including phenoxy) is 4. The molecule has 3 aliphatic heterocycles. The second kappa shape index (κ2) is 13.3. The van der Waals surface area contributed by atoms with Gasteiger partial charge in [-0.15, -0.1) is 0 Å². The van der Waals surface area contributed by atoms with E-state index in [1.54, 1.807) is 24.3 Å². The van der Waals surface area contributed by atoms with Gasteiger partial charge in [-0.1, -0.05) is 23.7 Å². The molecule has 3 aliphatic rings. The molecule has 3 saturated heterocycles. The molecule has 230 valence electrons. The van der Waals surface area contributed by atoms with E-state index in [0.29, 0.717) is 81.6 Å². The number of carbonyl (C=O) groups excluding carboxylic acids is 2. The Morgan fingerprint density at radius 3 is 2.23 bits per heavy atom. The van der Waals surface area contributed by atoms with Crippen molar-refractivity contribution in [2.45, 2.75) is 6.54 Å². The quantitative estimate of drug-likeness (QED) is 0.325. The predicted molar refractivity (Wildman–Crippen MR) is 162 cm³/mol. The summed E-state index contributed by atoms with van der Waals surface area (Å²) in [5.74, 6) is 0.546. The van der Waals surface area contributed by atoms with Gasteiger partial charge in [-0.05, 0) is 47.7 Å². The molecule has 2 aromatic carbocycles. The molecule has 3 fully saturated rings. The maximum Gasteiger partial charge on any atom is 0.328 e. The Balaban J connectivity index is 1.23. The fraction of sp³-hybridized carbons (Fsp3) is 0.345. The van der Waals surface area contributed by atoms with E-state index in [4.69, 9.17) is 35.5 Å². The zero-order valence-electron chi connectivity index (χ0n) is 23.7. The summed E-state index contributed by atoms with van der Waals surface area (Å²) in [5.41, 5.74) is 0.662. The number of amides is 2. The number of aromatic nitrogens is 3. The number of halogens is 2. The molecule has 4 heterocycles. The van der Waals surface area contributed by atoms with Crippen LogP contribution < -0.4 is 19.3 Å². The number of thioether (sulfide) groups is 1. The van der Waals surface area contributed by atoms with Gasteiger partial charge < -0.3 is 28.7 Å². The van der Waals surface area contributed by atoms with Gasteiger partial charge in [0.1, 0.15) is 5.82 Å². The third kappa shape index (κ3) is 6.58. The summed E-state index contributed by atoms with van der Waals surface area (Å²) in [7, 11) is 1.49. The molecule has 0 aliphatic carbocycles. The van der Waals surface area contributed by atoms with Gasteiger partial charge in [0.15, 0.2) is 11.5 Å². The highest BCUT2D eigenvalue weighted by Gasteiger charge is 2.36. The van der Waals surface area contributed by atoms with E-state index in [1.165, 1.54) is 25.3 Å². The lowest BCUT2D eigenvalue weighted by atomic mass is 10.1. The number of methoxy groups -OCH3 is 1. The Kier molecular flexibility index (Phi) is 9.12. The molecule has 0 bridgehead atoms. The SMILES string of the molecule is COc1cc(/C=C2\SC(=O)N(Cc3c(F)cccc3Cl)C2=O)ccc1Oc1nc(N2CCOCC2)nc(N2CCOCC2)n1. The smallest absolute Gasteiger partial charge is 0.328 e. The van der Waals surface area contributed by atoms with Crippen LogP contribution in [0.3, 0.4) is 0 Å². The largest absolute Gasteiger partial charge is 0.493 e. The predicted octanol–water partition coefficient (Wildman–Crippen LogP) is 4.37. The van der Waals surface area contributed by atoms with Crippen molar-refractivity contribution in [1.29, 1.82) is 0 Å². The van der Waals surface area contributed by atoms with E-state index < -0.39 is 17.0 Å². The molecule has 0 atom stereocenters. The number of morpholine rings is 2. The van der Waals surface area contributed by atoms with E-state index in [1.807, 2.05) is 9.80 Å². The number of hydrogen-bond acceptors (Lipinski definition) is 12. The average molecular weight is 643 g/mol. The zero-order valence-corrected chi connectivity index (χ0v) is 25.3. The average Bonchev–Trinajstić information content (AvgIpc) is 3.31. The maximum absolute atomic E-state index is 14.3. The molecule has 2 amide bonds. The van der Waals surface area contributed by atoms with Crippen molar-refractivity contribution in [3.05, 3.63) is 63.3 Å². The topological polar surface area (TPSA) is 119 Å². The van der Waals surface area contributed by atoms with Crippen molar-refractivity contribution >= 4 is 52.5 Å². The van der Waals surface area contributed by atoms with Crippen LogP contribution in [-0.2, 0) is 20.8 Å². The van der Waals surface area contributed by atoms with Crippen LogP contribution in [-0.4, -0.2) is 90.7 Å². The van der Waals surface area contributed by atoms with Crippen molar-refractivity contribution in [2.24, 2.45) is 0 Å². The van der Waals surface area contributed by atoms with Crippen molar-refractivity contribution in [2.75, 3.05) is 69.5 Å². The number of hydrogen-bond donors (Lipinski definition) is 0. The van der Waals surface area contributed by atoms with Gasteiger partial charge in [-0.25, -0.2) is 4.39 Å². The lowest BCUT2D eigenvalue weighted by Gasteiger charge is -2.30. The van der Waals surface area contributed by atoms with Crippen LogP contribution in [0.4, 0.5) is 21.1 Å². The molecule has 15 heteroatoms. The van der Waals surface area contributed by atoms with Crippen LogP contribution in [0.1, 0.15) is 11.1 Å². The third-order valence-electron chi connectivity index (χ3n) is 7.12. The summed E-state index contributed by atoms with van der Waals surface area (Å²) < 4.78 is 37.0. The van der Waals surface area contributed by atoms with Gasteiger partial charge >= 0.3 is 6.01 Å². The van der Waals surface area contributed by atoms with Gasteiger partial charge in [-0.2, -0.15) is 15.0 Å². The first-order chi connectivity index (χ1) is 21.4. The lowest BCUT2D eigenvalue weighted by Crippen LogP contribution is -2.40. The molecular formula is C29H28ClFN6O6S. The minimum atomic E-state index is -0.590. The van der Waals surface area contributed by atoms with E-state index in [-0.39, 0.29) is 28.0 Å². The molecule has 0 radical (unpaired) electrons. The van der Waals surface area contributed by atoms with Crippen LogP contribution >= 0.6 is 23.4 Å². The first-order valence-electron chi connectivity index (χ1n) is 13.8. The van der Waals surface area contributed by atoms with Gasteiger partial charge in [0.25, 0.3) is 11.1 Å². The molecule has 0 unspecified atom stereocenters. The van der Waals surface area contributed by atoms with E-state index in [9.17, 15) is 14.0 Å². The zero-order chi connectivity index (χ0) is 30.6. The normalized spacial score (nSPS) is 18.3. The van der Waals surface area contributed by atoms with E-state index >= 15 is 0 Å². The van der Waals surface area contributed by atoms with Gasteiger partial charge in [0.05, 0.1) is 45.0 Å². The summed E-state index contributed by atoms with van der Waals surface area (Å²) >= 11 is 6.87. The van der Waals surface area contributed by atoms with Crippen LogP contribution in [0, 0.1) is 5.82 Å². The number of anilines is 2. The molecule has 12 nitrogen and oxygen atoms in total. The summed E-state index contributed by atoms with van der Waals surface area (Å²) in [6.07, 6.45) is 1.57. The Bertz CT molecular complexity index is 1540. The maximum atomic E-state index is 14.3. The second-order valence-electron chi connectivity index (χ2n) is 9.90. The van der Waals surface area contributed by atoms with Crippen molar-refractivity contribution < 1.29 is 32.9 Å². The fourth-order valence-electron chi connectivity index (χ4n) is 4.78. The highest BCUT2D eigenvalue weighted by molar-refractivity contribution is 8.18. The summed E-state index contributed by atoms with van der Waals surface area (Å²) in [6.45, 7) is 4.58. The first-order valence-corrected chi connectivity index (χ1v) is 15.0. The van der Waals surface area contributed by atoms with Crippen LogP contribution in [0.2, 0.25) is 5.02 Å². The number of benzene rings is 2. The monoisotopic (exact) mass is 642 g/mol. The van der Waals surface area contributed by atoms with Crippen LogP contribution in [0.5, 0.6) is 17.5 Å². The van der Waals surface area contributed by atoms with E-state index in [2.05, 4.69) is 9.97 Å². The number of rotatable bonds is 8. The molecule has 6 rings (SSSR count). The summed E-state index contributed by atoms with van der Waals surface area (Å²) in [4.78, 5) is 44.8. The summed E-state index contributed by atoms with van der Waals surface area (Å²) in [5, 5.41) is -0.380. The van der Waals surface area contributed by atoms with Crippen molar-refractivity contribution in [1.82, 2.24) is 19.9 Å². The Morgan fingerprint density at radius 2 is 1.61 bits per heavy atom. The number of imide groups is 1. The van der Waals surface area contributed by atoms with Crippen molar-refractivity contribution in [3.8, 4) is 17.5 Å². The highest BCUT2D eigenvalue weighted by atomic mass is 35.5. The first kappa shape index (κ1) is 30.1. The molecular weight excluding hydrogens is 615 g/mol. The third-order valence-corrected chi connectivity index (χ3v) is 8.38. The van der Waals surface area contributed by atoms with Crippen molar-refractivity contribution in [3.63, 3.8) is 0 Å². The minimum absolute atomic E-state index is 0.0766. The molecule has 0 saturated carbocycles. The number of carbonyl (C=O) groups is 2. The van der Waals surface area contributed by atoms with Gasteiger partial charge in [0.2, 0.25) is 11.9 Å². The van der Waals surface area contributed by atoms with E-state index in [0.717, 1.165) is 16.7 Å². The van der Waals surface area contributed by atoms with Gasteiger partial charge in [0, 0.05) is 36.8 Å². The van der Waals surface area contributed by atoms with Gasteiger partial charge in [-0.3, -0.25) is 14.5 Å². The lowest BCUT2D eigenvalue weighted by molar-refractivity contribution is -0.123. The Labute approximate surface area is 261 Å². The fourth-order valence-corrected chi connectivity index (χ4v) is 5.84. The molecule has 1 aromatic heterocycles. The van der Waals surface area contributed by atoms with Crippen LogP contribution in [0.15, 0.2) is 41.3 Å². The summed E-state index contributed by atoms with van der Waals surface area (Å²) in [6, 6.07) is 9.35. The minimum Gasteiger partial charge on any atom is -0.493 e. The molecule has 0 N–H and O–H groups in total. The second-order valence-corrected chi connectivity index (χ2v) is 11.3. The Hall–Kier alpha value is -3.98. The number of nitrogens with zero attached hydrogens (tertiary/aromatic N) is 6. The molecule has 44 heavy (non-hydrogen) atoms.